The number of benzene rings is 10. The van der Waals surface area contributed by atoms with E-state index in [4.69, 9.17) is 16.8 Å². The standard InChI is InChI=1S/C50H30O/c1-2-14-33-28-35(25-24-31(33)12-1)47-40-18-7-9-20-42(40)48(43-21-10-8-19-41(43)47)45-30-36(29-34-15-4-5-16-37(34)45)38-22-11-23-46-49(38)44-27-26-32-13-3-6-17-39(32)50(44)51-46/h1-30H/i1D,2D,7D,8D,9D,10D,12D,14D,18D,19D,20D,21D,24D,28D. The lowest BCUT2D eigenvalue weighted by atomic mass is 9.83. The fraction of sp³-hybridized carbons (Fsp3) is 0. The number of rotatable bonds is 3. The monoisotopic (exact) mass is 660 g/mol. The molecule has 0 bridgehead atoms. The summed E-state index contributed by atoms with van der Waals surface area (Å²) < 4.78 is 133. The van der Waals surface area contributed by atoms with Gasteiger partial charge in [0.15, 0.2) is 0 Å². The van der Waals surface area contributed by atoms with Crippen molar-refractivity contribution in [3.05, 3.63) is 182 Å². The summed E-state index contributed by atoms with van der Waals surface area (Å²) in [6.07, 6.45) is 0. The van der Waals surface area contributed by atoms with Crippen molar-refractivity contribution in [3.8, 4) is 33.4 Å². The van der Waals surface area contributed by atoms with Gasteiger partial charge in [-0.3, -0.25) is 0 Å². The smallest absolute Gasteiger partial charge is 0.143 e. The Labute approximate surface area is 314 Å². The van der Waals surface area contributed by atoms with E-state index >= 15 is 0 Å². The summed E-state index contributed by atoms with van der Waals surface area (Å²) in [5, 5.41) is 3.81. The first-order chi connectivity index (χ1) is 31.1. The molecule has 0 aliphatic rings. The predicted molar refractivity (Wildman–Crippen MR) is 218 cm³/mol. The van der Waals surface area contributed by atoms with Gasteiger partial charge in [0.2, 0.25) is 0 Å². The molecular weight excluding hydrogens is 617 g/mol. The SMILES string of the molecule is [2H]c1c([2H])c([2H])c2c([2H])c(-c3c4c([2H])c([2H])c([2H])c([2H])c4c(-c4cc(-c5cccc6oc7c8ccccc8ccc7c56)cc5ccccc45)c4c([2H])c([2H])c([2H])c([2H])c34)cc([2H])c2c1[2H]. The van der Waals surface area contributed by atoms with E-state index in [1.54, 1.807) is 0 Å². The number of furan rings is 1. The molecule has 0 radical (unpaired) electrons. The van der Waals surface area contributed by atoms with E-state index in [0.717, 1.165) is 38.6 Å². The summed E-state index contributed by atoms with van der Waals surface area (Å²) in [5.41, 5.74) is 2.87. The van der Waals surface area contributed by atoms with Crippen LogP contribution in [0.4, 0.5) is 0 Å². The van der Waals surface area contributed by atoms with E-state index in [9.17, 15) is 6.85 Å². The van der Waals surface area contributed by atoms with Crippen LogP contribution >= 0.6 is 0 Å². The minimum absolute atomic E-state index is 0.0892. The van der Waals surface area contributed by atoms with Crippen molar-refractivity contribution in [2.24, 2.45) is 0 Å². The Hall–Kier alpha value is -6.70. The van der Waals surface area contributed by atoms with Crippen LogP contribution in [-0.2, 0) is 0 Å². The predicted octanol–water partition coefficient (Wildman–Crippen LogP) is 14.4. The summed E-state index contributed by atoms with van der Waals surface area (Å²) in [5.74, 6) is 0. The van der Waals surface area contributed by atoms with Gasteiger partial charge < -0.3 is 4.42 Å². The topological polar surface area (TPSA) is 13.1 Å². The molecule has 11 aromatic rings. The van der Waals surface area contributed by atoms with Crippen molar-refractivity contribution in [1.29, 1.82) is 0 Å². The van der Waals surface area contributed by atoms with Crippen LogP contribution in [0.5, 0.6) is 0 Å². The average molecular weight is 661 g/mol. The highest BCUT2D eigenvalue weighted by molar-refractivity contribution is 6.25. The van der Waals surface area contributed by atoms with Crippen LogP contribution < -0.4 is 0 Å². The number of hydrogen-bond donors (Lipinski definition) is 0. The molecule has 0 aliphatic carbocycles. The van der Waals surface area contributed by atoms with Crippen molar-refractivity contribution >= 4 is 75.8 Å². The van der Waals surface area contributed by atoms with E-state index in [2.05, 4.69) is 0 Å². The van der Waals surface area contributed by atoms with Gasteiger partial charge in [-0.1, -0.05) is 151 Å². The maximum absolute atomic E-state index is 9.60. The molecular formula is C50H30O. The van der Waals surface area contributed by atoms with Gasteiger partial charge in [0.1, 0.15) is 11.2 Å². The van der Waals surface area contributed by atoms with E-state index in [1.807, 2.05) is 91.0 Å². The lowest BCUT2D eigenvalue weighted by Crippen LogP contribution is -1.92. The number of hydrogen-bond acceptors (Lipinski definition) is 1. The maximum Gasteiger partial charge on any atom is 0.143 e. The second kappa shape index (κ2) is 10.9. The summed E-state index contributed by atoms with van der Waals surface area (Å²) in [6, 6.07) is 22.1. The Morgan fingerprint density at radius 2 is 1.06 bits per heavy atom. The molecule has 0 aliphatic heterocycles. The van der Waals surface area contributed by atoms with Crippen molar-refractivity contribution in [3.63, 3.8) is 0 Å². The zero-order valence-electron chi connectivity index (χ0n) is 40.6. The van der Waals surface area contributed by atoms with Crippen LogP contribution in [0.1, 0.15) is 19.2 Å². The van der Waals surface area contributed by atoms with Crippen LogP contribution in [-0.4, -0.2) is 0 Å². The Morgan fingerprint density at radius 1 is 0.392 bits per heavy atom. The fourth-order valence-electron chi connectivity index (χ4n) is 7.60. The molecule has 1 heteroatoms. The van der Waals surface area contributed by atoms with Crippen LogP contribution in [0.2, 0.25) is 0 Å². The molecule has 0 unspecified atom stereocenters. The molecule has 0 saturated carbocycles. The van der Waals surface area contributed by atoms with Crippen LogP contribution in [0.15, 0.2) is 186 Å². The zero-order chi connectivity index (χ0) is 45.7. The molecule has 0 amide bonds. The number of fused-ring (bicyclic) bond motifs is 9. The van der Waals surface area contributed by atoms with Gasteiger partial charge in [-0.05, 0) is 112 Å². The Kier molecular flexibility index (Phi) is 3.81. The molecule has 0 saturated heterocycles. The van der Waals surface area contributed by atoms with Crippen LogP contribution in [0.3, 0.4) is 0 Å². The van der Waals surface area contributed by atoms with Gasteiger partial charge in [0.05, 0.1) is 19.2 Å². The quantitative estimate of drug-likeness (QED) is 0.172. The molecule has 1 nitrogen and oxygen atoms in total. The molecule has 0 N–H and O–H groups in total. The van der Waals surface area contributed by atoms with Crippen LogP contribution in [0.25, 0.3) is 109 Å². The third-order valence-electron chi connectivity index (χ3n) is 9.78. The van der Waals surface area contributed by atoms with Crippen LogP contribution in [0, 0.1) is 0 Å². The second-order valence-corrected chi connectivity index (χ2v) is 12.5. The largest absolute Gasteiger partial charge is 0.455 e. The first-order valence-corrected chi connectivity index (χ1v) is 16.4. The van der Waals surface area contributed by atoms with E-state index in [-0.39, 0.29) is 49.0 Å². The second-order valence-electron chi connectivity index (χ2n) is 12.5. The summed E-state index contributed by atoms with van der Waals surface area (Å²) in [7, 11) is 0. The summed E-state index contributed by atoms with van der Waals surface area (Å²) in [6.45, 7) is 0. The molecule has 236 valence electrons. The van der Waals surface area contributed by atoms with Gasteiger partial charge in [-0.2, -0.15) is 0 Å². The lowest BCUT2D eigenvalue weighted by molar-refractivity contribution is 0.673. The fourth-order valence-corrected chi connectivity index (χ4v) is 7.60. The first-order valence-electron chi connectivity index (χ1n) is 23.4. The normalized spacial score (nSPS) is 15.8. The van der Waals surface area contributed by atoms with E-state index in [0.29, 0.717) is 27.7 Å². The van der Waals surface area contributed by atoms with Crippen molar-refractivity contribution < 1.29 is 23.6 Å². The van der Waals surface area contributed by atoms with Crippen molar-refractivity contribution in [2.45, 2.75) is 0 Å². The van der Waals surface area contributed by atoms with Gasteiger partial charge >= 0.3 is 0 Å². The van der Waals surface area contributed by atoms with Gasteiger partial charge in [0, 0.05) is 16.2 Å². The van der Waals surface area contributed by atoms with Gasteiger partial charge in [-0.15, -0.1) is 0 Å². The molecule has 10 aromatic carbocycles. The highest BCUT2D eigenvalue weighted by Gasteiger charge is 2.20. The Bertz CT molecular complexity index is 3920. The molecule has 1 aromatic heterocycles. The zero-order valence-corrected chi connectivity index (χ0v) is 26.6. The first kappa shape index (κ1) is 17.8. The molecule has 0 spiro atoms. The third-order valence-corrected chi connectivity index (χ3v) is 9.78. The van der Waals surface area contributed by atoms with Gasteiger partial charge in [-0.25, -0.2) is 0 Å². The molecule has 11 rings (SSSR count). The highest BCUT2D eigenvalue weighted by Crippen LogP contribution is 2.48. The Balaban J connectivity index is 1.36. The lowest BCUT2D eigenvalue weighted by Gasteiger charge is -2.20. The van der Waals surface area contributed by atoms with Crippen molar-refractivity contribution in [1.82, 2.24) is 0 Å². The summed E-state index contributed by atoms with van der Waals surface area (Å²) in [4.78, 5) is 0. The molecule has 51 heavy (non-hydrogen) atoms. The van der Waals surface area contributed by atoms with Crippen molar-refractivity contribution in [2.75, 3.05) is 0 Å². The molecule has 1 heterocycles. The molecule has 0 fully saturated rings. The Morgan fingerprint density at radius 3 is 1.84 bits per heavy atom. The summed E-state index contributed by atoms with van der Waals surface area (Å²) >= 11 is 0. The third kappa shape index (κ3) is 4.22. The van der Waals surface area contributed by atoms with E-state index < -0.39 is 84.6 Å². The minimum atomic E-state index is -0.653. The molecule has 0 atom stereocenters. The average Bonchev–Trinajstić information content (AvgIpc) is 3.71. The maximum atomic E-state index is 9.60. The minimum Gasteiger partial charge on any atom is -0.455 e. The van der Waals surface area contributed by atoms with E-state index in [1.165, 1.54) is 0 Å². The highest BCUT2D eigenvalue weighted by atomic mass is 16.3. The van der Waals surface area contributed by atoms with Gasteiger partial charge in [0.25, 0.3) is 0 Å².